The minimum Gasteiger partial charge on any atom is -0.353 e. The van der Waals surface area contributed by atoms with Gasteiger partial charge in [-0.1, -0.05) is 6.07 Å². The smallest absolute Gasteiger partial charge is 0.207 e. The third-order valence-electron chi connectivity index (χ3n) is 2.91. The van der Waals surface area contributed by atoms with Crippen molar-refractivity contribution >= 4 is 21.9 Å². The molecule has 1 aliphatic rings. The number of hydrogen-bond donors (Lipinski definition) is 1. The molecule has 1 fully saturated rings. The first-order valence-electron chi connectivity index (χ1n) is 5.80. The van der Waals surface area contributed by atoms with Gasteiger partial charge in [0, 0.05) is 22.9 Å². The third kappa shape index (κ3) is 2.22. The van der Waals surface area contributed by atoms with Crippen LogP contribution in [0.15, 0.2) is 35.1 Å². The van der Waals surface area contributed by atoms with E-state index in [0.29, 0.717) is 6.04 Å². The second-order valence-electron chi connectivity index (χ2n) is 4.49. The lowest BCUT2D eigenvalue weighted by Crippen LogP contribution is -2.08. The van der Waals surface area contributed by atoms with E-state index in [4.69, 9.17) is 0 Å². The van der Waals surface area contributed by atoms with Gasteiger partial charge in [0.15, 0.2) is 0 Å². The number of aryl methyl sites for hydroxylation is 1. The highest BCUT2D eigenvalue weighted by Crippen LogP contribution is 2.28. The molecule has 88 valence electrons. The Morgan fingerprint density at radius 3 is 2.94 bits per heavy atom. The van der Waals surface area contributed by atoms with Crippen LogP contribution in [-0.2, 0) is 0 Å². The van der Waals surface area contributed by atoms with E-state index in [1.54, 1.807) is 0 Å². The Labute approximate surface area is 109 Å². The van der Waals surface area contributed by atoms with E-state index in [2.05, 4.69) is 55.9 Å². The lowest BCUT2D eigenvalue weighted by atomic mass is 10.2. The Balaban J connectivity index is 1.99. The lowest BCUT2D eigenvalue weighted by molar-refractivity contribution is 0.997. The molecule has 4 heteroatoms. The van der Waals surface area contributed by atoms with E-state index in [1.807, 2.05) is 12.4 Å². The van der Waals surface area contributed by atoms with Gasteiger partial charge in [0.2, 0.25) is 5.95 Å². The summed E-state index contributed by atoms with van der Waals surface area (Å²) < 4.78 is 3.18. The van der Waals surface area contributed by atoms with Crippen molar-refractivity contribution in [3.63, 3.8) is 0 Å². The Morgan fingerprint density at radius 2 is 2.24 bits per heavy atom. The number of anilines is 1. The van der Waals surface area contributed by atoms with Crippen LogP contribution in [0.1, 0.15) is 18.4 Å². The average Bonchev–Trinajstić information content (AvgIpc) is 2.97. The predicted molar refractivity (Wildman–Crippen MR) is 72.6 cm³/mol. The number of aromatic nitrogens is 2. The molecule has 0 spiro atoms. The van der Waals surface area contributed by atoms with Crippen molar-refractivity contribution in [2.75, 3.05) is 5.32 Å². The SMILES string of the molecule is Cc1ccc(-n2ccnc2NC2CC2)c(Br)c1. The normalized spacial score (nSPS) is 14.9. The number of hydrogen-bond acceptors (Lipinski definition) is 2. The van der Waals surface area contributed by atoms with Gasteiger partial charge >= 0.3 is 0 Å². The molecule has 1 aliphatic carbocycles. The molecule has 0 atom stereocenters. The highest BCUT2D eigenvalue weighted by Gasteiger charge is 2.23. The molecule has 3 rings (SSSR count). The van der Waals surface area contributed by atoms with Gasteiger partial charge in [-0.25, -0.2) is 4.98 Å². The molecule has 1 saturated carbocycles. The molecule has 1 N–H and O–H groups in total. The molecule has 3 nitrogen and oxygen atoms in total. The van der Waals surface area contributed by atoms with Crippen molar-refractivity contribution < 1.29 is 0 Å². The maximum Gasteiger partial charge on any atom is 0.207 e. The van der Waals surface area contributed by atoms with Gasteiger partial charge in [0.1, 0.15) is 0 Å². The fourth-order valence-electron chi connectivity index (χ4n) is 1.82. The van der Waals surface area contributed by atoms with Crippen LogP contribution in [0.5, 0.6) is 0 Å². The molecular weight excluding hydrogens is 278 g/mol. The van der Waals surface area contributed by atoms with Crippen LogP contribution in [0.25, 0.3) is 5.69 Å². The van der Waals surface area contributed by atoms with E-state index in [9.17, 15) is 0 Å². The molecule has 1 aromatic heterocycles. The number of imidazole rings is 1. The van der Waals surface area contributed by atoms with Gasteiger partial charge < -0.3 is 5.32 Å². The fraction of sp³-hybridized carbons (Fsp3) is 0.308. The van der Waals surface area contributed by atoms with E-state index in [0.717, 1.165) is 16.1 Å². The highest BCUT2D eigenvalue weighted by atomic mass is 79.9. The Hall–Kier alpha value is -1.29. The van der Waals surface area contributed by atoms with Crippen molar-refractivity contribution in [2.24, 2.45) is 0 Å². The molecule has 0 bridgehead atoms. The second kappa shape index (κ2) is 4.18. The first kappa shape index (κ1) is 10.8. The summed E-state index contributed by atoms with van der Waals surface area (Å²) in [6, 6.07) is 6.96. The molecule has 0 radical (unpaired) electrons. The van der Waals surface area contributed by atoms with Crippen LogP contribution < -0.4 is 5.32 Å². The molecule has 2 aromatic rings. The van der Waals surface area contributed by atoms with Crippen LogP contribution in [0, 0.1) is 6.92 Å². The maximum absolute atomic E-state index is 4.37. The molecule has 0 saturated heterocycles. The van der Waals surface area contributed by atoms with E-state index >= 15 is 0 Å². The lowest BCUT2D eigenvalue weighted by Gasteiger charge is -2.11. The van der Waals surface area contributed by atoms with Gasteiger partial charge in [0.25, 0.3) is 0 Å². The zero-order valence-electron chi connectivity index (χ0n) is 9.65. The van der Waals surface area contributed by atoms with Crippen molar-refractivity contribution in [3.8, 4) is 5.69 Å². The molecule has 1 heterocycles. The summed E-state index contributed by atoms with van der Waals surface area (Å²) in [4.78, 5) is 4.37. The maximum atomic E-state index is 4.37. The number of nitrogens with zero attached hydrogens (tertiary/aromatic N) is 2. The monoisotopic (exact) mass is 291 g/mol. The summed E-state index contributed by atoms with van der Waals surface area (Å²) in [6.07, 6.45) is 6.32. The highest BCUT2D eigenvalue weighted by molar-refractivity contribution is 9.10. The minimum atomic E-state index is 0.611. The van der Waals surface area contributed by atoms with Gasteiger partial charge in [-0.2, -0.15) is 0 Å². The molecule has 1 aromatic carbocycles. The van der Waals surface area contributed by atoms with E-state index in [1.165, 1.54) is 18.4 Å². The summed E-state index contributed by atoms with van der Waals surface area (Å²) in [6.45, 7) is 2.09. The van der Waals surface area contributed by atoms with Crippen molar-refractivity contribution in [2.45, 2.75) is 25.8 Å². The third-order valence-corrected chi connectivity index (χ3v) is 3.55. The Kier molecular flexibility index (Phi) is 2.67. The topological polar surface area (TPSA) is 29.9 Å². The van der Waals surface area contributed by atoms with Gasteiger partial charge in [-0.15, -0.1) is 0 Å². The summed E-state index contributed by atoms with van der Waals surface area (Å²) in [5, 5.41) is 3.44. The number of rotatable bonds is 3. The minimum absolute atomic E-state index is 0.611. The first-order valence-corrected chi connectivity index (χ1v) is 6.60. The van der Waals surface area contributed by atoms with Crippen LogP contribution >= 0.6 is 15.9 Å². The van der Waals surface area contributed by atoms with Crippen LogP contribution in [0.2, 0.25) is 0 Å². The standard InChI is InChI=1S/C13H14BrN3/c1-9-2-5-12(11(14)8-9)17-7-6-15-13(17)16-10-3-4-10/h2,5-8,10H,3-4H2,1H3,(H,15,16). The van der Waals surface area contributed by atoms with Crippen LogP contribution in [0.4, 0.5) is 5.95 Å². The summed E-state index contributed by atoms with van der Waals surface area (Å²) >= 11 is 3.61. The Bertz CT molecular complexity index is 543. The number of nitrogens with one attached hydrogen (secondary N) is 1. The van der Waals surface area contributed by atoms with Crippen molar-refractivity contribution in [1.82, 2.24) is 9.55 Å². The molecular formula is C13H14BrN3. The largest absolute Gasteiger partial charge is 0.353 e. The Morgan fingerprint density at radius 1 is 1.41 bits per heavy atom. The molecule has 0 aliphatic heterocycles. The number of halogens is 1. The second-order valence-corrected chi connectivity index (χ2v) is 5.35. The summed E-state index contributed by atoms with van der Waals surface area (Å²) in [5.74, 6) is 0.928. The van der Waals surface area contributed by atoms with Crippen molar-refractivity contribution in [3.05, 3.63) is 40.6 Å². The van der Waals surface area contributed by atoms with Crippen LogP contribution in [-0.4, -0.2) is 15.6 Å². The van der Waals surface area contributed by atoms with Gasteiger partial charge in [-0.3, -0.25) is 4.57 Å². The van der Waals surface area contributed by atoms with Gasteiger partial charge in [0.05, 0.1) is 5.69 Å². The first-order chi connectivity index (χ1) is 8.24. The fourth-order valence-corrected chi connectivity index (χ4v) is 2.51. The quantitative estimate of drug-likeness (QED) is 0.938. The number of benzene rings is 1. The van der Waals surface area contributed by atoms with E-state index in [-0.39, 0.29) is 0 Å². The molecule has 0 unspecified atom stereocenters. The van der Waals surface area contributed by atoms with Crippen molar-refractivity contribution in [1.29, 1.82) is 0 Å². The van der Waals surface area contributed by atoms with Gasteiger partial charge in [-0.05, 0) is 53.4 Å². The molecule has 0 amide bonds. The zero-order chi connectivity index (χ0) is 11.8. The van der Waals surface area contributed by atoms with Crippen LogP contribution in [0.3, 0.4) is 0 Å². The predicted octanol–water partition coefficient (Wildman–Crippen LogP) is 3.52. The zero-order valence-corrected chi connectivity index (χ0v) is 11.2. The molecule has 17 heavy (non-hydrogen) atoms. The summed E-state index contributed by atoms with van der Waals surface area (Å²) in [5.41, 5.74) is 2.37. The average molecular weight is 292 g/mol. The summed E-state index contributed by atoms with van der Waals surface area (Å²) in [7, 11) is 0. The van der Waals surface area contributed by atoms with E-state index < -0.39 is 0 Å².